The predicted molar refractivity (Wildman–Crippen MR) is 83.0 cm³/mol. The maximum Gasteiger partial charge on any atom is 0.240 e. The first-order valence-electron chi connectivity index (χ1n) is 7.02. The third-order valence-corrected chi connectivity index (χ3v) is 6.67. The molecule has 0 radical (unpaired) electrons. The highest BCUT2D eigenvalue weighted by Crippen LogP contribution is 2.49. The largest absolute Gasteiger partial charge is 0.454 e. The van der Waals surface area contributed by atoms with Crippen LogP contribution in [0.25, 0.3) is 0 Å². The number of ether oxygens (including phenoxy) is 2. The number of nitrogens with one attached hydrogen (secondary N) is 1. The minimum absolute atomic E-state index is 0.0163. The third kappa shape index (κ3) is 2.39. The van der Waals surface area contributed by atoms with E-state index in [1.54, 1.807) is 23.5 Å². The number of benzene rings is 1. The first-order valence-corrected chi connectivity index (χ1v) is 9.39. The molecule has 1 aliphatic carbocycles. The molecule has 0 saturated heterocycles. The maximum absolute atomic E-state index is 12.5. The highest BCUT2D eigenvalue weighted by atomic mass is 32.2. The van der Waals surface area contributed by atoms with Gasteiger partial charge in [-0.15, -0.1) is 11.3 Å². The summed E-state index contributed by atoms with van der Waals surface area (Å²) < 4.78 is 38.1. The van der Waals surface area contributed by atoms with Crippen molar-refractivity contribution < 1.29 is 17.9 Å². The molecule has 2 aromatic rings. The molecule has 4 rings (SSSR count). The van der Waals surface area contributed by atoms with Crippen LogP contribution in [-0.2, 0) is 15.4 Å². The minimum atomic E-state index is -3.55. The van der Waals surface area contributed by atoms with E-state index >= 15 is 0 Å². The Morgan fingerprint density at radius 2 is 2.00 bits per heavy atom. The van der Waals surface area contributed by atoms with Gasteiger partial charge in [-0.2, -0.15) is 0 Å². The number of hydrogen-bond acceptors (Lipinski definition) is 5. The second-order valence-corrected chi connectivity index (χ2v) is 8.31. The molecule has 0 unspecified atom stereocenters. The van der Waals surface area contributed by atoms with Crippen molar-refractivity contribution in [3.05, 3.63) is 40.6 Å². The van der Waals surface area contributed by atoms with Crippen molar-refractivity contribution in [2.75, 3.05) is 13.3 Å². The summed E-state index contributed by atoms with van der Waals surface area (Å²) in [6.45, 7) is 0.568. The summed E-state index contributed by atoms with van der Waals surface area (Å²) in [6, 6.07) is 8.76. The molecule has 1 saturated carbocycles. The van der Waals surface area contributed by atoms with Gasteiger partial charge in [-0.25, -0.2) is 13.1 Å². The van der Waals surface area contributed by atoms with Crippen LogP contribution in [0.15, 0.2) is 40.6 Å². The fourth-order valence-corrected chi connectivity index (χ4v) is 4.73. The van der Waals surface area contributed by atoms with Crippen molar-refractivity contribution in [2.24, 2.45) is 0 Å². The van der Waals surface area contributed by atoms with Gasteiger partial charge in [0, 0.05) is 22.9 Å². The van der Waals surface area contributed by atoms with E-state index in [9.17, 15) is 8.42 Å². The Morgan fingerprint density at radius 1 is 1.18 bits per heavy atom. The number of fused-ring (bicyclic) bond motifs is 1. The molecule has 5 nitrogen and oxygen atoms in total. The van der Waals surface area contributed by atoms with Crippen LogP contribution in [0.3, 0.4) is 0 Å². The van der Waals surface area contributed by atoms with Gasteiger partial charge < -0.3 is 9.47 Å². The molecular formula is C15H15NO4S2. The van der Waals surface area contributed by atoms with Gasteiger partial charge in [0.1, 0.15) is 0 Å². The lowest BCUT2D eigenvalue weighted by Gasteiger charge is -2.14. The Balaban J connectivity index is 1.53. The fourth-order valence-electron chi connectivity index (χ4n) is 2.60. The summed E-state index contributed by atoms with van der Waals surface area (Å²) in [5.41, 5.74) is -0.0163. The second-order valence-electron chi connectivity index (χ2n) is 5.60. The zero-order valence-electron chi connectivity index (χ0n) is 11.7. The lowest BCUT2D eigenvalue weighted by Crippen LogP contribution is -2.31. The van der Waals surface area contributed by atoms with Crippen LogP contribution in [0.4, 0.5) is 0 Å². The molecule has 0 spiro atoms. The number of sulfonamides is 1. The first kappa shape index (κ1) is 14.0. The van der Waals surface area contributed by atoms with Gasteiger partial charge in [-0.05, 0) is 36.4 Å². The van der Waals surface area contributed by atoms with Gasteiger partial charge in [-0.1, -0.05) is 6.07 Å². The molecule has 1 aromatic carbocycles. The number of thiophene rings is 1. The van der Waals surface area contributed by atoms with E-state index in [2.05, 4.69) is 10.8 Å². The lowest BCUT2D eigenvalue weighted by molar-refractivity contribution is 0.174. The SMILES string of the molecule is O=S(=O)(NCC1(c2cccs2)CC1)c1ccc2c(c1)OCO2. The summed E-state index contributed by atoms with van der Waals surface area (Å²) in [6.07, 6.45) is 2.05. The second kappa shape index (κ2) is 4.97. The third-order valence-electron chi connectivity index (χ3n) is 4.15. The molecule has 0 atom stereocenters. The molecular weight excluding hydrogens is 322 g/mol. The number of hydrogen-bond donors (Lipinski definition) is 1. The van der Waals surface area contributed by atoms with E-state index in [1.807, 2.05) is 11.4 Å². The average Bonchev–Trinajstić information content (AvgIpc) is 2.95. The summed E-state index contributed by atoms with van der Waals surface area (Å²) >= 11 is 1.68. The van der Waals surface area contributed by atoms with Gasteiger partial charge in [-0.3, -0.25) is 0 Å². The van der Waals surface area contributed by atoms with Crippen molar-refractivity contribution in [3.63, 3.8) is 0 Å². The number of rotatable bonds is 5. The Labute approximate surface area is 132 Å². The van der Waals surface area contributed by atoms with Crippen molar-refractivity contribution in [1.29, 1.82) is 0 Å². The van der Waals surface area contributed by atoms with E-state index in [4.69, 9.17) is 9.47 Å². The van der Waals surface area contributed by atoms with E-state index in [-0.39, 0.29) is 17.1 Å². The van der Waals surface area contributed by atoms with Gasteiger partial charge >= 0.3 is 0 Å². The molecule has 1 fully saturated rings. The van der Waals surface area contributed by atoms with Crippen LogP contribution in [0.5, 0.6) is 11.5 Å². The van der Waals surface area contributed by atoms with Gasteiger partial charge in [0.05, 0.1) is 4.90 Å². The molecule has 0 amide bonds. The first-order chi connectivity index (χ1) is 10.6. The predicted octanol–water partition coefficient (Wildman–Crippen LogP) is 2.49. The Morgan fingerprint density at radius 3 is 2.73 bits per heavy atom. The molecule has 0 bridgehead atoms. The summed E-state index contributed by atoms with van der Waals surface area (Å²) in [5, 5.41) is 2.03. The smallest absolute Gasteiger partial charge is 0.240 e. The minimum Gasteiger partial charge on any atom is -0.454 e. The molecule has 2 aliphatic rings. The Kier molecular flexibility index (Phi) is 3.18. The zero-order valence-corrected chi connectivity index (χ0v) is 13.4. The highest BCUT2D eigenvalue weighted by molar-refractivity contribution is 7.89. The van der Waals surface area contributed by atoms with Crippen LogP contribution in [0.2, 0.25) is 0 Å². The maximum atomic E-state index is 12.5. The lowest BCUT2D eigenvalue weighted by atomic mass is 10.1. The standard InChI is InChI=1S/C15H15NO4S2/c17-22(18,11-3-4-12-13(8-11)20-10-19-12)16-9-15(5-6-15)14-2-1-7-21-14/h1-4,7-8,16H,5-6,9-10H2. The van der Waals surface area contributed by atoms with Crippen LogP contribution in [-0.4, -0.2) is 21.8 Å². The monoisotopic (exact) mass is 337 g/mol. The summed E-state index contributed by atoms with van der Waals surface area (Å²) in [7, 11) is -3.55. The fraction of sp³-hybridized carbons (Fsp3) is 0.333. The molecule has 22 heavy (non-hydrogen) atoms. The molecule has 2 heterocycles. The normalized spacial score (nSPS) is 18.4. The Hall–Kier alpha value is -1.57. The van der Waals surface area contributed by atoms with Crippen LogP contribution >= 0.6 is 11.3 Å². The highest BCUT2D eigenvalue weighted by Gasteiger charge is 2.45. The van der Waals surface area contributed by atoms with Crippen molar-refractivity contribution in [2.45, 2.75) is 23.2 Å². The molecule has 7 heteroatoms. The van der Waals surface area contributed by atoms with Crippen LogP contribution in [0.1, 0.15) is 17.7 Å². The van der Waals surface area contributed by atoms with Crippen LogP contribution in [0, 0.1) is 0 Å². The molecule has 116 valence electrons. The zero-order chi connectivity index (χ0) is 15.2. The van der Waals surface area contributed by atoms with Gasteiger partial charge in [0.2, 0.25) is 16.8 Å². The molecule has 1 N–H and O–H groups in total. The van der Waals surface area contributed by atoms with Gasteiger partial charge in [0.15, 0.2) is 11.5 Å². The summed E-state index contributed by atoms with van der Waals surface area (Å²) in [4.78, 5) is 1.46. The quantitative estimate of drug-likeness (QED) is 0.910. The topological polar surface area (TPSA) is 64.6 Å². The van der Waals surface area contributed by atoms with E-state index in [1.165, 1.54) is 10.9 Å². The van der Waals surface area contributed by atoms with E-state index < -0.39 is 10.0 Å². The Bertz CT molecular complexity index is 795. The van der Waals surface area contributed by atoms with Gasteiger partial charge in [0.25, 0.3) is 0 Å². The van der Waals surface area contributed by atoms with Crippen molar-refractivity contribution >= 4 is 21.4 Å². The van der Waals surface area contributed by atoms with Crippen LogP contribution < -0.4 is 14.2 Å². The van der Waals surface area contributed by atoms with Crippen molar-refractivity contribution in [1.82, 2.24) is 4.72 Å². The molecule has 1 aliphatic heterocycles. The van der Waals surface area contributed by atoms with E-state index in [0.717, 1.165) is 12.8 Å². The molecule has 1 aromatic heterocycles. The van der Waals surface area contributed by atoms with E-state index in [0.29, 0.717) is 18.0 Å². The summed E-state index contributed by atoms with van der Waals surface area (Å²) in [5.74, 6) is 1.05. The van der Waals surface area contributed by atoms with Crippen molar-refractivity contribution in [3.8, 4) is 11.5 Å². The average molecular weight is 337 g/mol.